The highest BCUT2D eigenvalue weighted by Gasteiger charge is 2.32. The van der Waals surface area contributed by atoms with Crippen molar-refractivity contribution in [3.63, 3.8) is 0 Å². The molecule has 0 bridgehead atoms. The van der Waals surface area contributed by atoms with Crippen LogP contribution in [0.25, 0.3) is 0 Å². The zero-order valence-electron chi connectivity index (χ0n) is 15.8. The van der Waals surface area contributed by atoms with E-state index in [1.54, 1.807) is 0 Å². The Bertz CT molecular complexity index is 546. The number of hydrogen-bond donors (Lipinski definition) is 2. The molecular formula is C20H32N2O2S. The van der Waals surface area contributed by atoms with Crippen LogP contribution in [0.5, 0.6) is 0 Å². The van der Waals surface area contributed by atoms with Crippen LogP contribution < -0.4 is 10.6 Å². The molecule has 25 heavy (non-hydrogen) atoms. The maximum Gasteiger partial charge on any atom is 0.261 e. The predicted molar refractivity (Wildman–Crippen MR) is 104 cm³/mol. The standard InChI is InChI=1S/C20H32N2O2S/c1-4-20(2,3)15-9-11-16(12-10-15)22-18(23)8-5-13-21-19(24)17-7-6-14-25-17/h6-7,14-16H,4-5,8-13H2,1-3H3,(H,21,24)(H,22,23). The number of thiophene rings is 1. The van der Waals surface area contributed by atoms with Crippen LogP contribution in [0.3, 0.4) is 0 Å². The lowest BCUT2D eigenvalue weighted by atomic mass is 9.69. The number of carbonyl (C=O) groups is 2. The second-order valence-corrected chi connectivity index (χ2v) is 8.74. The smallest absolute Gasteiger partial charge is 0.261 e. The molecule has 1 aliphatic carbocycles. The Kier molecular flexibility index (Phi) is 7.48. The van der Waals surface area contributed by atoms with Gasteiger partial charge < -0.3 is 10.6 Å². The van der Waals surface area contributed by atoms with E-state index in [4.69, 9.17) is 0 Å². The highest BCUT2D eigenvalue weighted by molar-refractivity contribution is 7.12. The summed E-state index contributed by atoms with van der Waals surface area (Å²) in [5.41, 5.74) is 0.412. The van der Waals surface area contributed by atoms with Crippen LogP contribution in [-0.4, -0.2) is 24.4 Å². The Hall–Kier alpha value is -1.36. The van der Waals surface area contributed by atoms with Crippen molar-refractivity contribution in [2.24, 2.45) is 11.3 Å². The van der Waals surface area contributed by atoms with Crippen LogP contribution in [0.4, 0.5) is 0 Å². The quantitative estimate of drug-likeness (QED) is 0.673. The molecule has 0 radical (unpaired) electrons. The molecule has 1 aromatic rings. The fourth-order valence-corrected chi connectivity index (χ4v) is 4.19. The van der Waals surface area contributed by atoms with Gasteiger partial charge in [0.2, 0.25) is 5.91 Å². The maximum atomic E-state index is 12.1. The second kappa shape index (κ2) is 9.37. The van der Waals surface area contributed by atoms with Gasteiger partial charge in [-0.2, -0.15) is 0 Å². The number of amides is 2. The van der Waals surface area contributed by atoms with Gasteiger partial charge in [0.05, 0.1) is 4.88 Å². The minimum atomic E-state index is -0.0488. The van der Waals surface area contributed by atoms with Gasteiger partial charge in [-0.1, -0.05) is 33.3 Å². The van der Waals surface area contributed by atoms with Crippen LogP contribution >= 0.6 is 11.3 Å². The summed E-state index contributed by atoms with van der Waals surface area (Å²) in [6.07, 6.45) is 6.98. The highest BCUT2D eigenvalue weighted by atomic mass is 32.1. The van der Waals surface area contributed by atoms with Gasteiger partial charge in [-0.3, -0.25) is 9.59 Å². The Balaban J connectivity index is 1.59. The first kappa shape index (κ1) is 20.0. The van der Waals surface area contributed by atoms with Crippen LogP contribution in [0.2, 0.25) is 0 Å². The van der Waals surface area contributed by atoms with E-state index in [1.807, 2.05) is 17.5 Å². The molecule has 5 heteroatoms. The average Bonchev–Trinajstić information content (AvgIpc) is 3.14. The summed E-state index contributed by atoms with van der Waals surface area (Å²) in [7, 11) is 0. The molecule has 1 heterocycles. The van der Waals surface area contributed by atoms with Crippen molar-refractivity contribution in [1.82, 2.24) is 10.6 Å². The molecule has 0 saturated heterocycles. The van der Waals surface area contributed by atoms with Gasteiger partial charge in [-0.15, -0.1) is 11.3 Å². The Morgan fingerprint density at radius 2 is 1.96 bits per heavy atom. The first-order valence-corrected chi connectivity index (χ1v) is 10.4. The van der Waals surface area contributed by atoms with Gasteiger partial charge in [0, 0.05) is 19.0 Å². The van der Waals surface area contributed by atoms with Gasteiger partial charge >= 0.3 is 0 Å². The van der Waals surface area contributed by atoms with E-state index in [0.29, 0.717) is 30.8 Å². The third-order valence-electron chi connectivity index (χ3n) is 5.72. The first-order valence-electron chi connectivity index (χ1n) is 9.53. The second-order valence-electron chi connectivity index (χ2n) is 7.79. The fraction of sp³-hybridized carbons (Fsp3) is 0.700. The molecule has 0 atom stereocenters. The summed E-state index contributed by atoms with van der Waals surface area (Å²) in [4.78, 5) is 24.6. The van der Waals surface area contributed by atoms with Crippen molar-refractivity contribution in [3.8, 4) is 0 Å². The topological polar surface area (TPSA) is 58.2 Å². The minimum Gasteiger partial charge on any atom is -0.353 e. The monoisotopic (exact) mass is 364 g/mol. The highest BCUT2D eigenvalue weighted by Crippen LogP contribution is 2.40. The minimum absolute atomic E-state index is 0.0488. The first-order chi connectivity index (χ1) is 11.9. The summed E-state index contributed by atoms with van der Waals surface area (Å²) in [6, 6.07) is 4.00. The van der Waals surface area contributed by atoms with Crippen molar-refractivity contribution < 1.29 is 9.59 Å². The predicted octanol–water partition coefficient (Wildman–Crippen LogP) is 4.37. The zero-order valence-corrected chi connectivity index (χ0v) is 16.6. The van der Waals surface area contributed by atoms with Gasteiger partial charge in [-0.25, -0.2) is 0 Å². The van der Waals surface area contributed by atoms with E-state index in [1.165, 1.54) is 30.6 Å². The lowest BCUT2D eigenvalue weighted by Gasteiger charge is -2.39. The van der Waals surface area contributed by atoms with Crippen molar-refractivity contribution in [3.05, 3.63) is 22.4 Å². The van der Waals surface area contributed by atoms with E-state index >= 15 is 0 Å². The van der Waals surface area contributed by atoms with Crippen molar-refractivity contribution in [1.29, 1.82) is 0 Å². The summed E-state index contributed by atoms with van der Waals surface area (Å²) in [6.45, 7) is 7.54. The molecule has 140 valence electrons. The zero-order chi connectivity index (χ0) is 18.3. The number of nitrogens with one attached hydrogen (secondary N) is 2. The van der Waals surface area contributed by atoms with E-state index in [-0.39, 0.29) is 11.8 Å². The fourth-order valence-electron chi connectivity index (χ4n) is 3.55. The summed E-state index contributed by atoms with van der Waals surface area (Å²) < 4.78 is 0. The lowest BCUT2D eigenvalue weighted by molar-refractivity contribution is -0.122. The molecule has 1 saturated carbocycles. The van der Waals surface area contributed by atoms with E-state index in [2.05, 4.69) is 31.4 Å². The van der Waals surface area contributed by atoms with Crippen LogP contribution in [0, 0.1) is 11.3 Å². The molecule has 2 N–H and O–H groups in total. The number of carbonyl (C=O) groups excluding carboxylic acids is 2. The number of hydrogen-bond acceptors (Lipinski definition) is 3. The van der Waals surface area contributed by atoms with E-state index in [0.717, 1.165) is 23.6 Å². The lowest BCUT2D eigenvalue weighted by Crippen LogP contribution is -2.40. The van der Waals surface area contributed by atoms with Gasteiger partial charge in [0.1, 0.15) is 0 Å². The summed E-state index contributed by atoms with van der Waals surface area (Å²) >= 11 is 1.43. The Morgan fingerprint density at radius 3 is 2.56 bits per heavy atom. The molecule has 0 unspecified atom stereocenters. The van der Waals surface area contributed by atoms with Crippen LogP contribution in [-0.2, 0) is 4.79 Å². The SMILES string of the molecule is CCC(C)(C)C1CCC(NC(=O)CCCNC(=O)c2cccs2)CC1. The molecule has 0 spiro atoms. The average molecular weight is 365 g/mol. The summed E-state index contributed by atoms with van der Waals surface area (Å²) in [5.74, 6) is 0.842. The third kappa shape index (κ3) is 6.14. The molecule has 0 aliphatic heterocycles. The van der Waals surface area contributed by atoms with E-state index < -0.39 is 0 Å². The van der Waals surface area contributed by atoms with Crippen molar-refractivity contribution >= 4 is 23.2 Å². The largest absolute Gasteiger partial charge is 0.353 e. The van der Waals surface area contributed by atoms with Gasteiger partial charge in [0.25, 0.3) is 5.91 Å². The number of rotatable bonds is 8. The maximum absolute atomic E-state index is 12.1. The van der Waals surface area contributed by atoms with Crippen molar-refractivity contribution in [2.45, 2.75) is 71.8 Å². The van der Waals surface area contributed by atoms with E-state index in [9.17, 15) is 9.59 Å². The Labute approximate surface area is 155 Å². The molecule has 2 rings (SSSR count). The third-order valence-corrected chi connectivity index (χ3v) is 6.59. The molecule has 4 nitrogen and oxygen atoms in total. The van der Waals surface area contributed by atoms with Crippen LogP contribution in [0.1, 0.15) is 75.4 Å². The van der Waals surface area contributed by atoms with Crippen molar-refractivity contribution in [2.75, 3.05) is 6.54 Å². The molecule has 1 aliphatic rings. The molecule has 0 aromatic carbocycles. The molecular weight excluding hydrogens is 332 g/mol. The van der Waals surface area contributed by atoms with Crippen LogP contribution in [0.15, 0.2) is 17.5 Å². The molecule has 1 aromatic heterocycles. The normalized spacial score (nSPS) is 20.9. The molecule has 1 fully saturated rings. The van der Waals surface area contributed by atoms with Gasteiger partial charge in [0.15, 0.2) is 0 Å². The summed E-state index contributed by atoms with van der Waals surface area (Å²) in [5, 5.41) is 7.93. The van der Waals surface area contributed by atoms with Gasteiger partial charge in [-0.05, 0) is 54.9 Å². The molecule has 2 amide bonds. The Morgan fingerprint density at radius 1 is 1.24 bits per heavy atom.